The largest absolute Gasteiger partial charge is 0.492 e. The first-order valence-electron chi connectivity index (χ1n) is 13.5. The molecule has 2 aromatic heterocycles. The van der Waals surface area contributed by atoms with Crippen molar-refractivity contribution < 1.29 is 23.6 Å². The molecule has 3 amide bonds. The van der Waals surface area contributed by atoms with Crippen LogP contribution in [0.15, 0.2) is 59.3 Å². The highest BCUT2D eigenvalue weighted by Gasteiger charge is 2.16. The number of ether oxygens (including phenoxy) is 2. The van der Waals surface area contributed by atoms with Gasteiger partial charge in [-0.1, -0.05) is 18.1 Å². The van der Waals surface area contributed by atoms with Crippen LogP contribution in [-0.4, -0.2) is 71.6 Å². The van der Waals surface area contributed by atoms with Gasteiger partial charge < -0.3 is 24.6 Å². The fraction of sp³-hybridized carbons (Fsp3) is 0.310. The fourth-order valence-corrected chi connectivity index (χ4v) is 4.43. The van der Waals surface area contributed by atoms with Crippen molar-refractivity contribution in [3.8, 4) is 16.9 Å². The van der Waals surface area contributed by atoms with Gasteiger partial charge >= 0.3 is 6.03 Å². The fourth-order valence-electron chi connectivity index (χ4n) is 4.43. The summed E-state index contributed by atoms with van der Waals surface area (Å²) in [6.07, 6.45) is 2.25. The zero-order valence-electron chi connectivity index (χ0n) is 23.0. The third-order valence-corrected chi connectivity index (χ3v) is 6.69. The van der Waals surface area contributed by atoms with Gasteiger partial charge in [0.25, 0.3) is 5.91 Å². The number of anilines is 3. The Bertz CT molecular complexity index is 1480. The first kappa shape index (κ1) is 27.9. The molecule has 5 rings (SSSR count). The number of amides is 3. The van der Waals surface area contributed by atoms with E-state index in [-0.39, 0.29) is 5.91 Å². The number of H-pyrrole nitrogens is 1. The summed E-state index contributed by atoms with van der Waals surface area (Å²) in [4.78, 5) is 27.8. The van der Waals surface area contributed by atoms with Gasteiger partial charge in [0.15, 0.2) is 5.82 Å². The van der Waals surface area contributed by atoms with Gasteiger partial charge in [0, 0.05) is 55.0 Å². The summed E-state index contributed by atoms with van der Waals surface area (Å²) in [7, 11) is 0. The number of aryl methyl sites for hydroxylation is 2. The molecule has 2 aromatic carbocycles. The van der Waals surface area contributed by atoms with Crippen LogP contribution in [0.25, 0.3) is 11.1 Å². The van der Waals surface area contributed by atoms with Crippen LogP contribution in [0.4, 0.5) is 22.1 Å². The molecule has 1 aliphatic heterocycles. The third-order valence-electron chi connectivity index (χ3n) is 6.69. The van der Waals surface area contributed by atoms with Crippen molar-refractivity contribution in [1.29, 1.82) is 0 Å². The van der Waals surface area contributed by atoms with Gasteiger partial charge in [0.05, 0.1) is 19.4 Å². The summed E-state index contributed by atoms with van der Waals surface area (Å²) in [5.41, 5.74) is 3.54. The first-order valence-corrected chi connectivity index (χ1v) is 13.5. The minimum atomic E-state index is -0.429. The number of nitrogens with zero attached hydrogens (tertiary/aromatic N) is 3. The molecule has 214 valence electrons. The maximum absolute atomic E-state index is 13.0. The molecule has 0 bridgehead atoms. The molecule has 41 heavy (non-hydrogen) atoms. The number of hydrogen-bond acceptors (Lipinski definition) is 8. The van der Waals surface area contributed by atoms with E-state index in [0.717, 1.165) is 49.5 Å². The Kier molecular flexibility index (Phi) is 8.92. The monoisotopic (exact) mass is 559 g/mol. The predicted octanol–water partition coefficient (Wildman–Crippen LogP) is 4.54. The molecule has 0 spiro atoms. The van der Waals surface area contributed by atoms with Gasteiger partial charge in [0.1, 0.15) is 23.9 Å². The maximum Gasteiger partial charge on any atom is 0.324 e. The summed E-state index contributed by atoms with van der Waals surface area (Å²) in [6, 6.07) is 13.9. The lowest BCUT2D eigenvalue weighted by molar-refractivity contribution is 0.0323. The van der Waals surface area contributed by atoms with Crippen LogP contribution in [0.3, 0.4) is 0 Å². The van der Waals surface area contributed by atoms with Gasteiger partial charge in [-0.25, -0.2) is 4.79 Å². The van der Waals surface area contributed by atoms with Crippen molar-refractivity contribution in [3.05, 3.63) is 71.6 Å². The molecule has 0 saturated carbocycles. The average molecular weight is 560 g/mol. The average Bonchev–Trinajstić information content (AvgIpc) is 3.67. The number of carbonyl (C=O) groups excluding carboxylic acids is 2. The number of hydrogen-bond donors (Lipinski definition) is 4. The number of aromatic nitrogens is 3. The van der Waals surface area contributed by atoms with Crippen LogP contribution in [-0.2, 0) is 11.2 Å². The quantitative estimate of drug-likeness (QED) is 0.221. The molecule has 1 aliphatic rings. The van der Waals surface area contributed by atoms with Crippen molar-refractivity contribution in [3.63, 3.8) is 0 Å². The SMILES string of the molecule is CCc1cc(NC(=O)Nc2ccc(-c3cc(C(=O)Nc4ccn[nH]4)ccc3OCCN3CCOCC3)cc2C)no1. The topological polar surface area (TPSA) is 147 Å². The molecule has 1 fully saturated rings. The Morgan fingerprint density at radius 2 is 1.90 bits per heavy atom. The Balaban J connectivity index is 1.34. The van der Waals surface area contributed by atoms with Crippen LogP contribution in [0.2, 0.25) is 0 Å². The Morgan fingerprint density at radius 1 is 1.05 bits per heavy atom. The molecule has 1 saturated heterocycles. The Morgan fingerprint density at radius 3 is 2.63 bits per heavy atom. The lowest BCUT2D eigenvalue weighted by Gasteiger charge is -2.26. The van der Waals surface area contributed by atoms with Gasteiger partial charge in [0.2, 0.25) is 0 Å². The Hall–Kier alpha value is -4.68. The molecule has 0 aliphatic carbocycles. The van der Waals surface area contributed by atoms with Crippen LogP contribution < -0.4 is 20.7 Å². The van der Waals surface area contributed by atoms with E-state index in [1.165, 1.54) is 0 Å². The minimum absolute atomic E-state index is 0.277. The van der Waals surface area contributed by atoms with Gasteiger partial charge in [-0.15, -0.1) is 0 Å². The van der Waals surface area contributed by atoms with Crippen LogP contribution in [0, 0.1) is 6.92 Å². The highest BCUT2D eigenvalue weighted by molar-refractivity contribution is 6.05. The normalized spacial score (nSPS) is 13.5. The van der Waals surface area contributed by atoms with Crippen molar-refractivity contribution in [2.24, 2.45) is 0 Å². The summed E-state index contributed by atoms with van der Waals surface area (Å²) in [5, 5.41) is 18.8. The maximum atomic E-state index is 13.0. The number of urea groups is 1. The van der Waals surface area contributed by atoms with Crippen molar-refractivity contribution in [2.45, 2.75) is 20.3 Å². The smallest absolute Gasteiger partial charge is 0.324 e. The van der Waals surface area contributed by atoms with Crippen LogP contribution in [0.5, 0.6) is 5.75 Å². The summed E-state index contributed by atoms with van der Waals surface area (Å²) >= 11 is 0. The lowest BCUT2D eigenvalue weighted by atomic mass is 9.99. The molecule has 12 heteroatoms. The number of carbonyl (C=O) groups is 2. The second-order valence-corrected chi connectivity index (χ2v) is 9.58. The molecule has 0 atom stereocenters. The molecule has 4 N–H and O–H groups in total. The van der Waals surface area contributed by atoms with Gasteiger partial charge in [-0.2, -0.15) is 5.10 Å². The van der Waals surface area contributed by atoms with E-state index in [2.05, 4.69) is 36.2 Å². The predicted molar refractivity (Wildman–Crippen MR) is 154 cm³/mol. The van der Waals surface area contributed by atoms with Crippen molar-refractivity contribution >= 4 is 29.3 Å². The Labute approximate surface area is 237 Å². The molecule has 4 aromatic rings. The number of rotatable bonds is 10. The van der Waals surface area contributed by atoms with Crippen molar-refractivity contribution in [1.82, 2.24) is 20.3 Å². The zero-order valence-corrected chi connectivity index (χ0v) is 23.0. The van der Waals surface area contributed by atoms with Crippen molar-refractivity contribution in [2.75, 3.05) is 55.4 Å². The van der Waals surface area contributed by atoms with E-state index in [9.17, 15) is 9.59 Å². The zero-order chi connectivity index (χ0) is 28.6. The second kappa shape index (κ2) is 13.1. The van der Waals surface area contributed by atoms with E-state index < -0.39 is 6.03 Å². The van der Waals surface area contributed by atoms with E-state index in [1.54, 1.807) is 30.5 Å². The van der Waals surface area contributed by atoms with E-state index in [0.29, 0.717) is 47.4 Å². The molecular formula is C29H33N7O5. The standard InChI is InChI=1S/C29H33N7O5/c1-3-22-18-27(35-41-22)33-29(38)31-24-6-4-20(16-19(24)2)23-17-21(28(37)32-26-8-9-30-34-26)5-7-25(23)40-15-12-36-10-13-39-14-11-36/h4-9,16-18H,3,10-15H2,1-2H3,(H2,30,32,34,37)(H2,31,33,35,38). The highest BCUT2D eigenvalue weighted by Crippen LogP contribution is 2.34. The van der Waals surface area contributed by atoms with Gasteiger partial charge in [-0.05, 0) is 48.4 Å². The number of aromatic amines is 1. The number of nitrogens with one attached hydrogen (secondary N) is 4. The van der Waals surface area contributed by atoms with Gasteiger partial charge in [-0.3, -0.25) is 20.1 Å². The van der Waals surface area contributed by atoms with E-state index in [1.807, 2.05) is 38.1 Å². The van der Waals surface area contributed by atoms with E-state index >= 15 is 0 Å². The number of benzene rings is 2. The first-order chi connectivity index (χ1) is 20.0. The van der Waals surface area contributed by atoms with Crippen LogP contribution >= 0.6 is 0 Å². The highest BCUT2D eigenvalue weighted by atomic mass is 16.5. The molecular weight excluding hydrogens is 526 g/mol. The summed E-state index contributed by atoms with van der Waals surface area (Å²) in [5.74, 6) is 1.92. The minimum Gasteiger partial charge on any atom is -0.492 e. The van der Waals surface area contributed by atoms with Crippen LogP contribution in [0.1, 0.15) is 28.6 Å². The molecule has 12 nitrogen and oxygen atoms in total. The number of morpholine rings is 1. The summed E-state index contributed by atoms with van der Waals surface area (Å²) < 4.78 is 16.8. The van der Waals surface area contributed by atoms with E-state index in [4.69, 9.17) is 14.0 Å². The lowest BCUT2D eigenvalue weighted by Crippen LogP contribution is -2.38. The molecule has 0 radical (unpaired) electrons. The third kappa shape index (κ3) is 7.29. The molecule has 3 heterocycles. The molecule has 0 unspecified atom stereocenters. The second-order valence-electron chi connectivity index (χ2n) is 9.58. The summed E-state index contributed by atoms with van der Waals surface area (Å²) in [6.45, 7) is 8.31.